The molecule has 1 aromatic carbocycles. The van der Waals surface area contributed by atoms with Crippen molar-refractivity contribution < 1.29 is 9.53 Å². The van der Waals surface area contributed by atoms with E-state index >= 15 is 0 Å². The molecule has 0 fully saturated rings. The topological polar surface area (TPSA) is 61.2 Å². The standard InChI is InChI=1S/C18H18N2O3S/c1-10-7-5-6-8-14(10)20-15(9-23-13(4)21)19-17-16(18(20)22)11(2)12(3)24-17/h5-8H,9H2,1-4H3. The van der Waals surface area contributed by atoms with Gasteiger partial charge in [-0.25, -0.2) is 4.98 Å². The van der Waals surface area contributed by atoms with Crippen molar-refractivity contribution in [1.82, 2.24) is 9.55 Å². The highest BCUT2D eigenvalue weighted by atomic mass is 32.1. The summed E-state index contributed by atoms with van der Waals surface area (Å²) in [5, 5.41) is 0.632. The lowest BCUT2D eigenvalue weighted by Gasteiger charge is -2.14. The van der Waals surface area contributed by atoms with E-state index in [1.54, 1.807) is 4.57 Å². The maximum Gasteiger partial charge on any atom is 0.303 e. The first-order chi connectivity index (χ1) is 11.4. The van der Waals surface area contributed by atoms with E-state index in [4.69, 9.17) is 4.74 Å². The molecule has 24 heavy (non-hydrogen) atoms. The molecule has 0 amide bonds. The third-order valence-electron chi connectivity index (χ3n) is 4.03. The summed E-state index contributed by atoms with van der Waals surface area (Å²) in [5.41, 5.74) is 2.53. The maximum atomic E-state index is 13.2. The monoisotopic (exact) mass is 342 g/mol. The van der Waals surface area contributed by atoms with Crippen LogP contribution in [0.1, 0.15) is 28.8 Å². The number of aryl methyl sites for hydroxylation is 3. The predicted molar refractivity (Wildman–Crippen MR) is 94.9 cm³/mol. The van der Waals surface area contributed by atoms with Crippen LogP contribution < -0.4 is 5.56 Å². The van der Waals surface area contributed by atoms with Gasteiger partial charge in [-0.05, 0) is 38.0 Å². The van der Waals surface area contributed by atoms with Gasteiger partial charge in [0.1, 0.15) is 11.4 Å². The third-order valence-corrected chi connectivity index (χ3v) is 5.13. The molecule has 0 aliphatic heterocycles. The smallest absolute Gasteiger partial charge is 0.303 e. The van der Waals surface area contributed by atoms with Gasteiger partial charge in [0.2, 0.25) is 0 Å². The molecule has 3 rings (SSSR count). The zero-order valence-electron chi connectivity index (χ0n) is 14.0. The van der Waals surface area contributed by atoms with Gasteiger partial charge >= 0.3 is 5.97 Å². The summed E-state index contributed by atoms with van der Waals surface area (Å²) in [6.45, 7) is 7.16. The Bertz CT molecular complexity index is 1000. The average molecular weight is 342 g/mol. The van der Waals surface area contributed by atoms with Crippen LogP contribution in [0.25, 0.3) is 15.9 Å². The van der Waals surface area contributed by atoms with Crippen molar-refractivity contribution in [2.75, 3.05) is 0 Å². The Morgan fingerprint density at radius 3 is 2.62 bits per heavy atom. The average Bonchev–Trinajstić information content (AvgIpc) is 2.81. The van der Waals surface area contributed by atoms with Crippen LogP contribution in [0.15, 0.2) is 29.1 Å². The summed E-state index contributed by atoms with van der Waals surface area (Å²) in [5.74, 6) is 0.0254. The van der Waals surface area contributed by atoms with Crippen LogP contribution >= 0.6 is 11.3 Å². The molecule has 0 saturated carbocycles. The number of carbonyl (C=O) groups is 1. The Morgan fingerprint density at radius 2 is 1.96 bits per heavy atom. The highest BCUT2D eigenvalue weighted by Crippen LogP contribution is 2.27. The molecule has 0 saturated heterocycles. The molecule has 2 aromatic heterocycles. The van der Waals surface area contributed by atoms with Gasteiger partial charge in [0.05, 0.1) is 11.1 Å². The molecule has 6 heteroatoms. The molecule has 0 aliphatic rings. The molecule has 124 valence electrons. The minimum Gasteiger partial charge on any atom is -0.458 e. The second-order valence-corrected chi connectivity index (χ2v) is 6.90. The third kappa shape index (κ3) is 2.73. The van der Waals surface area contributed by atoms with E-state index in [2.05, 4.69) is 4.98 Å². The summed E-state index contributed by atoms with van der Waals surface area (Å²) in [6, 6.07) is 7.60. The molecule has 0 bridgehead atoms. The molecule has 0 radical (unpaired) electrons. The van der Waals surface area contributed by atoms with Crippen LogP contribution in [0, 0.1) is 20.8 Å². The van der Waals surface area contributed by atoms with Gasteiger partial charge in [-0.3, -0.25) is 14.2 Å². The number of ether oxygens (including phenoxy) is 1. The zero-order chi connectivity index (χ0) is 17.4. The Morgan fingerprint density at radius 1 is 1.25 bits per heavy atom. The maximum absolute atomic E-state index is 13.2. The van der Waals surface area contributed by atoms with Crippen molar-refractivity contribution in [3.05, 3.63) is 56.4 Å². The highest BCUT2D eigenvalue weighted by Gasteiger charge is 2.18. The van der Waals surface area contributed by atoms with Gasteiger partial charge in [-0.1, -0.05) is 18.2 Å². The van der Waals surface area contributed by atoms with Gasteiger partial charge in [-0.2, -0.15) is 0 Å². The Labute approximate surface area is 143 Å². The van der Waals surface area contributed by atoms with E-state index in [-0.39, 0.29) is 12.2 Å². The summed E-state index contributed by atoms with van der Waals surface area (Å²) in [7, 11) is 0. The van der Waals surface area contributed by atoms with Crippen molar-refractivity contribution in [1.29, 1.82) is 0 Å². The fourth-order valence-corrected chi connectivity index (χ4v) is 3.70. The molecule has 2 heterocycles. The summed E-state index contributed by atoms with van der Waals surface area (Å²) >= 11 is 1.48. The Hall–Kier alpha value is -2.47. The van der Waals surface area contributed by atoms with Gasteiger partial charge in [0.25, 0.3) is 5.56 Å². The summed E-state index contributed by atoms with van der Waals surface area (Å²) in [4.78, 5) is 30.7. The van der Waals surface area contributed by atoms with E-state index in [0.717, 1.165) is 21.7 Å². The molecule has 0 spiro atoms. The molecule has 0 atom stereocenters. The number of benzene rings is 1. The second-order valence-electron chi connectivity index (χ2n) is 5.70. The summed E-state index contributed by atoms with van der Waals surface area (Å²) < 4.78 is 6.67. The molecule has 5 nitrogen and oxygen atoms in total. The van der Waals surface area contributed by atoms with Gasteiger partial charge < -0.3 is 4.74 Å². The quantitative estimate of drug-likeness (QED) is 0.684. The number of hydrogen-bond acceptors (Lipinski definition) is 5. The predicted octanol–water partition coefficient (Wildman–Crippen LogP) is 3.44. The lowest BCUT2D eigenvalue weighted by Crippen LogP contribution is -2.25. The number of fused-ring (bicyclic) bond motifs is 1. The van der Waals surface area contributed by atoms with Crippen molar-refractivity contribution in [3.8, 4) is 5.69 Å². The molecule has 0 unspecified atom stereocenters. The minimum atomic E-state index is -0.403. The molecule has 0 N–H and O–H groups in total. The van der Waals surface area contributed by atoms with Crippen LogP contribution in [0.5, 0.6) is 0 Å². The number of aromatic nitrogens is 2. The van der Waals surface area contributed by atoms with Crippen molar-refractivity contribution in [2.45, 2.75) is 34.3 Å². The van der Waals surface area contributed by atoms with Crippen molar-refractivity contribution in [3.63, 3.8) is 0 Å². The second kappa shape index (κ2) is 6.20. The first-order valence-electron chi connectivity index (χ1n) is 7.61. The lowest BCUT2D eigenvalue weighted by molar-refractivity contribution is -0.142. The molecular formula is C18H18N2O3S. The highest BCUT2D eigenvalue weighted by molar-refractivity contribution is 7.18. The molecule has 3 aromatic rings. The van der Waals surface area contributed by atoms with Crippen LogP contribution in [-0.2, 0) is 16.1 Å². The number of esters is 1. The number of nitrogens with zero attached hydrogens (tertiary/aromatic N) is 2. The fourth-order valence-electron chi connectivity index (χ4n) is 2.66. The summed E-state index contributed by atoms with van der Waals surface area (Å²) in [6.07, 6.45) is 0. The van der Waals surface area contributed by atoms with Crippen LogP contribution in [0.2, 0.25) is 0 Å². The first kappa shape index (κ1) is 16.4. The Balaban J connectivity index is 2.35. The van der Waals surface area contributed by atoms with Crippen LogP contribution in [0.4, 0.5) is 0 Å². The number of carbonyl (C=O) groups excluding carboxylic acids is 1. The van der Waals surface area contributed by atoms with E-state index in [0.29, 0.717) is 16.0 Å². The molecule has 0 aliphatic carbocycles. The van der Waals surface area contributed by atoms with Crippen molar-refractivity contribution in [2.24, 2.45) is 0 Å². The van der Waals surface area contributed by atoms with Crippen molar-refractivity contribution >= 4 is 27.5 Å². The van der Waals surface area contributed by atoms with Crippen LogP contribution in [0.3, 0.4) is 0 Å². The SMILES string of the molecule is CC(=O)OCc1nc2sc(C)c(C)c2c(=O)n1-c1ccccc1C. The number of rotatable bonds is 3. The minimum absolute atomic E-state index is 0.0369. The van der Waals surface area contributed by atoms with E-state index < -0.39 is 5.97 Å². The lowest BCUT2D eigenvalue weighted by atomic mass is 10.2. The van der Waals surface area contributed by atoms with E-state index in [1.807, 2.05) is 45.0 Å². The van der Waals surface area contributed by atoms with E-state index in [1.165, 1.54) is 18.3 Å². The fraction of sp³-hybridized carbons (Fsp3) is 0.278. The van der Waals surface area contributed by atoms with Gasteiger partial charge in [0.15, 0.2) is 5.82 Å². The molecular weight excluding hydrogens is 324 g/mol. The van der Waals surface area contributed by atoms with E-state index in [9.17, 15) is 9.59 Å². The van der Waals surface area contributed by atoms with Gasteiger partial charge in [-0.15, -0.1) is 11.3 Å². The number of thiophene rings is 1. The number of hydrogen-bond donors (Lipinski definition) is 0. The van der Waals surface area contributed by atoms with Crippen LogP contribution in [-0.4, -0.2) is 15.5 Å². The Kier molecular flexibility index (Phi) is 4.24. The largest absolute Gasteiger partial charge is 0.458 e. The number of para-hydroxylation sites is 1. The van der Waals surface area contributed by atoms with Gasteiger partial charge in [0, 0.05) is 11.8 Å². The zero-order valence-corrected chi connectivity index (χ0v) is 14.9. The normalized spacial score (nSPS) is 11.0. The first-order valence-corrected chi connectivity index (χ1v) is 8.42.